The van der Waals surface area contributed by atoms with E-state index in [-0.39, 0.29) is 0 Å². The van der Waals surface area contributed by atoms with Crippen LogP contribution in [-0.4, -0.2) is 28.0 Å². The predicted octanol–water partition coefficient (Wildman–Crippen LogP) is 7.52. The van der Waals surface area contributed by atoms with E-state index < -0.39 is 8.07 Å². The van der Waals surface area contributed by atoms with Crippen molar-refractivity contribution < 1.29 is 18.9 Å². The predicted molar refractivity (Wildman–Crippen MR) is 186 cm³/mol. The van der Waals surface area contributed by atoms with E-state index in [0.29, 0.717) is 46.3 Å². The third-order valence-corrected chi connectivity index (χ3v) is 12.3. The van der Waals surface area contributed by atoms with Gasteiger partial charge in [-0.3, -0.25) is 0 Å². The van der Waals surface area contributed by atoms with Crippen molar-refractivity contribution in [2.45, 2.75) is 6.55 Å². The molecule has 0 amide bonds. The van der Waals surface area contributed by atoms with Crippen LogP contribution in [0.5, 0.6) is 46.3 Å². The van der Waals surface area contributed by atoms with Crippen LogP contribution in [0.25, 0.3) is 11.1 Å². The van der Waals surface area contributed by atoms with Crippen LogP contribution in [0.2, 0.25) is 6.55 Å². The number of hydrogen-bond acceptors (Lipinski definition) is 8. The third kappa shape index (κ3) is 5.74. The van der Waals surface area contributed by atoms with Gasteiger partial charge in [-0.2, -0.15) is 0 Å². The van der Waals surface area contributed by atoms with Crippen LogP contribution < -0.4 is 34.8 Å². The minimum absolute atomic E-state index is 0.517. The molecule has 3 aromatic heterocycles. The lowest BCUT2D eigenvalue weighted by Crippen LogP contribution is -2.64. The van der Waals surface area contributed by atoms with Crippen molar-refractivity contribution in [3.8, 4) is 57.4 Å². The van der Waals surface area contributed by atoms with Gasteiger partial charge in [0.15, 0.2) is 8.07 Å². The van der Waals surface area contributed by atoms with Crippen molar-refractivity contribution in [1.29, 1.82) is 0 Å². The lowest BCUT2D eigenvalue weighted by Gasteiger charge is -2.23. The number of benzene rings is 4. The second kappa shape index (κ2) is 12.5. The van der Waals surface area contributed by atoms with E-state index in [2.05, 4.69) is 40.8 Å². The Hall–Kier alpha value is -6.32. The number of nitrogens with zero attached hydrogens (tertiary/aromatic N) is 4. The summed E-state index contributed by atoms with van der Waals surface area (Å²) in [6.45, 7) is 2.28. The molecule has 48 heavy (non-hydrogen) atoms. The number of hydrogen-bond donors (Lipinski definition) is 0. The Morgan fingerprint density at radius 2 is 0.833 bits per heavy atom. The molecule has 0 fully saturated rings. The molecule has 232 valence electrons. The first-order valence-electron chi connectivity index (χ1n) is 15.4. The van der Waals surface area contributed by atoms with Crippen LogP contribution in [0.15, 0.2) is 152 Å². The summed E-state index contributed by atoms with van der Waals surface area (Å²) in [5, 5.41) is 2.34. The van der Waals surface area contributed by atoms with Crippen LogP contribution in [0, 0.1) is 0 Å². The molecule has 0 N–H and O–H groups in total. The number of aromatic nitrogens is 4. The smallest absolute Gasteiger partial charge is 0.219 e. The van der Waals surface area contributed by atoms with E-state index in [1.54, 1.807) is 24.8 Å². The number of rotatable bonds is 9. The van der Waals surface area contributed by atoms with Crippen LogP contribution in [-0.2, 0) is 0 Å². The Morgan fingerprint density at radius 1 is 0.396 bits per heavy atom. The molecule has 0 saturated heterocycles. The van der Waals surface area contributed by atoms with E-state index >= 15 is 0 Å². The Kier molecular flexibility index (Phi) is 7.56. The average molecular weight is 645 g/mol. The quantitative estimate of drug-likeness (QED) is 0.149. The Labute approximate surface area is 278 Å². The highest BCUT2D eigenvalue weighted by molar-refractivity contribution is 7.12. The molecule has 8 nitrogen and oxygen atoms in total. The normalized spacial score (nSPS) is 12.4. The summed E-state index contributed by atoms with van der Waals surface area (Å²) >= 11 is 0. The fraction of sp³-hybridized carbons (Fsp3) is 0.0256. The van der Waals surface area contributed by atoms with Crippen molar-refractivity contribution in [2.75, 3.05) is 0 Å². The molecule has 1 aliphatic rings. The van der Waals surface area contributed by atoms with Gasteiger partial charge in [0.25, 0.3) is 0 Å². The van der Waals surface area contributed by atoms with Gasteiger partial charge >= 0.3 is 0 Å². The second-order valence-electron chi connectivity index (χ2n) is 11.3. The summed E-state index contributed by atoms with van der Waals surface area (Å²) in [5.74, 6) is 5.05. The highest BCUT2D eigenvalue weighted by atomic mass is 28.3. The first kappa shape index (κ1) is 29.1. The van der Waals surface area contributed by atoms with Crippen molar-refractivity contribution >= 4 is 23.9 Å². The van der Waals surface area contributed by atoms with E-state index in [1.807, 2.05) is 103 Å². The lowest BCUT2D eigenvalue weighted by molar-refractivity contribution is 0.448. The molecule has 4 aromatic carbocycles. The van der Waals surface area contributed by atoms with Crippen LogP contribution in [0.4, 0.5) is 0 Å². The lowest BCUT2D eigenvalue weighted by atomic mass is 10.1. The maximum Gasteiger partial charge on any atom is 0.219 e. The van der Waals surface area contributed by atoms with E-state index in [1.165, 1.54) is 10.4 Å². The molecular formula is C39H28N4O4Si. The average Bonchev–Trinajstić information content (AvgIpc) is 3.37. The van der Waals surface area contributed by atoms with Gasteiger partial charge in [-0.15, -0.1) is 0 Å². The van der Waals surface area contributed by atoms with Crippen molar-refractivity contribution in [2.24, 2.45) is 0 Å². The minimum Gasteiger partial charge on any atom is -0.457 e. The van der Waals surface area contributed by atoms with Gasteiger partial charge in [0, 0.05) is 49.1 Å². The highest BCUT2D eigenvalue weighted by Crippen LogP contribution is 2.35. The van der Waals surface area contributed by atoms with E-state index in [0.717, 1.165) is 16.6 Å². The maximum absolute atomic E-state index is 6.41. The first-order valence-corrected chi connectivity index (χ1v) is 17.9. The fourth-order valence-corrected chi connectivity index (χ4v) is 9.76. The summed E-state index contributed by atoms with van der Waals surface area (Å²) in [7, 11) is -2.67. The zero-order valence-electron chi connectivity index (χ0n) is 25.9. The zero-order valence-corrected chi connectivity index (χ0v) is 26.9. The largest absolute Gasteiger partial charge is 0.457 e. The van der Waals surface area contributed by atoms with Crippen LogP contribution >= 0.6 is 0 Å². The second-order valence-corrected chi connectivity index (χ2v) is 15.1. The molecule has 0 spiro atoms. The Bertz CT molecular complexity index is 2080. The standard InChI is InChI=1S/C39H28N4O4Si/c1-48(39-42-21-8-22-43-39)35-25-31(44-27-9-6-11-29(23-27)46-37-13-2-4-19-40-37)15-17-33(35)34-18-16-32(26-36(34)48)45-28-10-7-12-30(24-28)47-38-14-3-5-20-41-38/h2-26H,1H3. The van der Waals surface area contributed by atoms with Crippen molar-refractivity contribution in [3.05, 3.63) is 152 Å². The SMILES string of the molecule is C[Si]1(c2ncccn2)c2cc(Oc3cccc(Oc4ccccn4)c3)ccc2-c2ccc(Oc3cccc(Oc4ccccn4)c3)cc21. The van der Waals surface area contributed by atoms with Crippen LogP contribution in [0.1, 0.15) is 0 Å². The molecule has 8 rings (SSSR count). The highest BCUT2D eigenvalue weighted by Gasteiger charge is 2.46. The molecule has 0 aliphatic carbocycles. The van der Waals surface area contributed by atoms with E-state index in [9.17, 15) is 0 Å². The van der Waals surface area contributed by atoms with Gasteiger partial charge < -0.3 is 18.9 Å². The van der Waals surface area contributed by atoms with Gasteiger partial charge in [0.1, 0.15) is 39.9 Å². The van der Waals surface area contributed by atoms with Crippen molar-refractivity contribution in [1.82, 2.24) is 19.9 Å². The first-order chi connectivity index (χ1) is 23.6. The molecule has 1 aliphatic heterocycles. The maximum atomic E-state index is 6.41. The monoisotopic (exact) mass is 644 g/mol. The molecule has 9 heteroatoms. The molecule has 0 atom stereocenters. The van der Waals surface area contributed by atoms with Gasteiger partial charge in [-0.05, 0) is 88.2 Å². The molecule has 4 heterocycles. The summed E-state index contributed by atoms with van der Waals surface area (Å²) in [6, 6.07) is 40.5. The summed E-state index contributed by atoms with van der Waals surface area (Å²) in [6.07, 6.45) is 7.00. The van der Waals surface area contributed by atoms with Crippen molar-refractivity contribution in [3.63, 3.8) is 0 Å². The number of fused-ring (bicyclic) bond motifs is 3. The molecule has 0 unspecified atom stereocenters. The zero-order chi connectivity index (χ0) is 32.3. The van der Waals surface area contributed by atoms with Gasteiger partial charge in [-0.25, -0.2) is 19.9 Å². The number of pyridine rings is 2. The molecule has 0 saturated carbocycles. The van der Waals surface area contributed by atoms with E-state index in [4.69, 9.17) is 28.9 Å². The topological polar surface area (TPSA) is 88.5 Å². The molecule has 7 aromatic rings. The van der Waals surface area contributed by atoms with Gasteiger partial charge in [0.05, 0.1) is 0 Å². The molecular weight excluding hydrogens is 617 g/mol. The van der Waals surface area contributed by atoms with Gasteiger partial charge in [-0.1, -0.05) is 42.9 Å². The Balaban J connectivity index is 1.11. The minimum atomic E-state index is -2.67. The number of ether oxygens (including phenoxy) is 4. The fourth-order valence-electron chi connectivity index (χ4n) is 5.95. The third-order valence-electron chi connectivity index (χ3n) is 8.17. The molecule has 0 radical (unpaired) electrons. The summed E-state index contributed by atoms with van der Waals surface area (Å²) in [4.78, 5) is 18.1. The molecule has 0 bridgehead atoms. The Morgan fingerprint density at radius 3 is 1.29 bits per heavy atom. The van der Waals surface area contributed by atoms with Crippen LogP contribution in [0.3, 0.4) is 0 Å². The van der Waals surface area contributed by atoms with Gasteiger partial charge in [0.2, 0.25) is 11.8 Å². The summed E-state index contributed by atoms with van der Waals surface area (Å²) < 4.78 is 24.7. The summed E-state index contributed by atoms with van der Waals surface area (Å²) in [5.41, 5.74) is 3.10.